The number of halogens is 1. The Balaban J connectivity index is 1.97. The number of likely N-dealkylation sites (tertiary alicyclic amines) is 1. The SMILES string of the molecule is Cc1cc(C(=O)N2CCC(CC(=O)O)CC2)ccc1Cl. The molecule has 1 aliphatic heterocycles. The first-order chi connectivity index (χ1) is 9.47. The van der Waals surface area contributed by atoms with Crippen LogP contribution in [0.3, 0.4) is 0 Å². The van der Waals surface area contributed by atoms with E-state index in [0.29, 0.717) is 23.7 Å². The van der Waals surface area contributed by atoms with Crippen molar-refractivity contribution in [3.8, 4) is 0 Å². The number of nitrogens with zero attached hydrogens (tertiary/aromatic N) is 1. The molecular formula is C15H18ClNO3. The predicted molar refractivity (Wildman–Crippen MR) is 77.1 cm³/mol. The van der Waals surface area contributed by atoms with Crippen molar-refractivity contribution in [2.75, 3.05) is 13.1 Å². The lowest BCUT2D eigenvalue weighted by atomic mass is 9.93. The van der Waals surface area contributed by atoms with Gasteiger partial charge in [-0.1, -0.05) is 11.6 Å². The van der Waals surface area contributed by atoms with E-state index in [0.717, 1.165) is 18.4 Å². The number of benzene rings is 1. The van der Waals surface area contributed by atoms with Crippen LogP contribution < -0.4 is 0 Å². The van der Waals surface area contributed by atoms with Crippen LogP contribution in [0.25, 0.3) is 0 Å². The number of aryl methyl sites for hydroxylation is 1. The highest BCUT2D eigenvalue weighted by atomic mass is 35.5. The molecule has 1 fully saturated rings. The van der Waals surface area contributed by atoms with Crippen LogP contribution in [0.2, 0.25) is 5.02 Å². The van der Waals surface area contributed by atoms with Gasteiger partial charge in [0.1, 0.15) is 0 Å². The van der Waals surface area contributed by atoms with Crippen molar-refractivity contribution in [1.82, 2.24) is 4.90 Å². The minimum atomic E-state index is -0.761. The third-order valence-corrected chi connectivity index (χ3v) is 4.19. The average Bonchev–Trinajstić information content (AvgIpc) is 2.41. The van der Waals surface area contributed by atoms with Crippen LogP contribution >= 0.6 is 11.6 Å². The third-order valence-electron chi connectivity index (χ3n) is 3.77. The summed E-state index contributed by atoms with van der Waals surface area (Å²) in [6, 6.07) is 5.27. The second kappa shape index (κ2) is 6.27. The van der Waals surface area contributed by atoms with Crippen LogP contribution in [0.5, 0.6) is 0 Å². The fourth-order valence-corrected chi connectivity index (χ4v) is 2.66. The summed E-state index contributed by atoms with van der Waals surface area (Å²) in [6.45, 7) is 3.12. The molecule has 4 nitrogen and oxygen atoms in total. The molecule has 1 heterocycles. The summed E-state index contributed by atoms with van der Waals surface area (Å²) in [5.74, 6) is -0.579. The van der Waals surface area contributed by atoms with Crippen molar-refractivity contribution >= 4 is 23.5 Å². The summed E-state index contributed by atoms with van der Waals surface area (Å²) in [5, 5.41) is 9.44. The molecule has 1 N–H and O–H groups in total. The van der Waals surface area contributed by atoms with Crippen molar-refractivity contribution in [2.45, 2.75) is 26.2 Å². The van der Waals surface area contributed by atoms with E-state index >= 15 is 0 Å². The minimum Gasteiger partial charge on any atom is -0.481 e. The van der Waals surface area contributed by atoms with E-state index in [2.05, 4.69) is 0 Å². The van der Waals surface area contributed by atoms with Gasteiger partial charge in [-0.25, -0.2) is 0 Å². The van der Waals surface area contributed by atoms with Crippen LogP contribution in [0.4, 0.5) is 0 Å². The first-order valence-electron chi connectivity index (χ1n) is 6.74. The Morgan fingerprint density at radius 3 is 2.55 bits per heavy atom. The molecule has 20 heavy (non-hydrogen) atoms. The standard InChI is InChI=1S/C15H18ClNO3/c1-10-8-12(2-3-13(10)16)15(20)17-6-4-11(5-7-17)9-14(18)19/h2-3,8,11H,4-7,9H2,1H3,(H,18,19). The van der Waals surface area contributed by atoms with Gasteiger partial charge in [0.05, 0.1) is 0 Å². The summed E-state index contributed by atoms with van der Waals surface area (Å²) >= 11 is 5.96. The highest BCUT2D eigenvalue weighted by Gasteiger charge is 2.25. The zero-order valence-electron chi connectivity index (χ0n) is 11.4. The third kappa shape index (κ3) is 3.51. The number of carbonyl (C=O) groups excluding carboxylic acids is 1. The van der Waals surface area contributed by atoms with E-state index in [1.165, 1.54) is 0 Å². The molecule has 0 aromatic heterocycles. The molecule has 1 amide bonds. The van der Waals surface area contributed by atoms with Crippen molar-refractivity contribution < 1.29 is 14.7 Å². The molecule has 0 saturated carbocycles. The molecule has 1 aliphatic rings. The number of aliphatic carboxylic acids is 1. The van der Waals surface area contributed by atoms with Crippen LogP contribution in [0.15, 0.2) is 18.2 Å². The number of amides is 1. The Bertz CT molecular complexity index is 522. The van der Waals surface area contributed by atoms with Gasteiger partial charge in [-0.15, -0.1) is 0 Å². The number of carboxylic acid groups (broad SMARTS) is 1. The van der Waals surface area contributed by atoms with Crippen molar-refractivity contribution in [3.63, 3.8) is 0 Å². The number of carbonyl (C=O) groups is 2. The van der Waals surface area contributed by atoms with Crippen molar-refractivity contribution in [3.05, 3.63) is 34.3 Å². The van der Waals surface area contributed by atoms with Gasteiger partial charge in [-0.2, -0.15) is 0 Å². The Morgan fingerprint density at radius 2 is 2.00 bits per heavy atom. The summed E-state index contributed by atoms with van der Waals surface area (Å²) in [4.78, 5) is 24.8. The summed E-state index contributed by atoms with van der Waals surface area (Å²) < 4.78 is 0. The maximum Gasteiger partial charge on any atom is 0.303 e. The number of carboxylic acids is 1. The van der Waals surface area contributed by atoms with Gasteiger partial charge in [0.15, 0.2) is 0 Å². The molecule has 0 aliphatic carbocycles. The zero-order chi connectivity index (χ0) is 14.7. The Kier molecular flexibility index (Phi) is 4.65. The Morgan fingerprint density at radius 1 is 1.35 bits per heavy atom. The molecule has 0 bridgehead atoms. The fourth-order valence-electron chi connectivity index (χ4n) is 2.55. The smallest absolute Gasteiger partial charge is 0.303 e. The number of piperidine rings is 1. The van der Waals surface area contributed by atoms with Gasteiger partial charge in [0, 0.05) is 30.1 Å². The molecule has 1 aromatic carbocycles. The molecule has 0 unspecified atom stereocenters. The highest BCUT2D eigenvalue weighted by molar-refractivity contribution is 6.31. The van der Waals surface area contributed by atoms with Gasteiger partial charge in [-0.05, 0) is 49.4 Å². The summed E-state index contributed by atoms with van der Waals surface area (Å²) in [6.07, 6.45) is 1.71. The van der Waals surface area contributed by atoms with E-state index in [4.69, 9.17) is 16.7 Å². The lowest BCUT2D eigenvalue weighted by molar-refractivity contribution is -0.138. The van der Waals surface area contributed by atoms with Gasteiger partial charge < -0.3 is 10.0 Å². The largest absolute Gasteiger partial charge is 0.481 e. The molecule has 0 atom stereocenters. The summed E-state index contributed by atoms with van der Waals surface area (Å²) in [5.41, 5.74) is 1.53. The van der Waals surface area contributed by atoms with E-state index in [1.54, 1.807) is 23.1 Å². The van der Waals surface area contributed by atoms with Crippen LogP contribution in [-0.2, 0) is 4.79 Å². The topological polar surface area (TPSA) is 57.6 Å². The number of rotatable bonds is 3. The van der Waals surface area contributed by atoms with E-state index in [-0.39, 0.29) is 18.2 Å². The second-order valence-electron chi connectivity index (χ2n) is 5.30. The zero-order valence-corrected chi connectivity index (χ0v) is 12.2. The Hall–Kier alpha value is -1.55. The minimum absolute atomic E-state index is 0.00135. The van der Waals surface area contributed by atoms with Crippen molar-refractivity contribution in [2.24, 2.45) is 5.92 Å². The number of hydrogen-bond acceptors (Lipinski definition) is 2. The maximum absolute atomic E-state index is 12.4. The monoisotopic (exact) mass is 295 g/mol. The first-order valence-corrected chi connectivity index (χ1v) is 7.12. The van der Waals surface area contributed by atoms with Crippen LogP contribution in [-0.4, -0.2) is 35.0 Å². The number of hydrogen-bond donors (Lipinski definition) is 1. The molecule has 1 aromatic rings. The van der Waals surface area contributed by atoms with Gasteiger partial charge in [-0.3, -0.25) is 9.59 Å². The highest BCUT2D eigenvalue weighted by Crippen LogP contribution is 2.23. The van der Waals surface area contributed by atoms with Gasteiger partial charge in [0.25, 0.3) is 5.91 Å². The quantitative estimate of drug-likeness (QED) is 0.932. The molecule has 2 rings (SSSR count). The molecule has 0 radical (unpaired) electrons. The van der Waals surface area contributed by atoms with Gasteiger partial charge >= 0.3 is 5.97 Å². The maximum atomic E-state index is 12.4. The molecular weight excluding hydrogens is 278 g/mol. The van der Waals surface area contributed by atoms with E-state index in [9.17, 15) is 9.59 Å². The van der Waals surface area contributed by atoms with E-state index in [1.807, 2.05) is 6.92 Å². The lowest BCUT2D eigenvalue weighted by Crippen LogP contribution is -2.38. The summed E-state index contributed by atoms with van der Waals surface area (Å²) in [7, 11) is 0. The second-order valence-corrected chi connectivity index (χ2v) is 5.70. The molecule has 0 spiro atoms. The average molecular weight is 296 g/mol. The van der Waals surface area contributed by atoms with Crippen LogP contribution in [0.1, 0.15) is 35.2 Å². The lowest BCUT2D eigenvalue weighted by Gasteiger charge is -2.31. The normalized spacial score (nSPS) is 16.2. The van der Waals surface area contributed by atoms with Crippen LogP contribution in [0, 0.1) is 12.8 Å². The molecule has 108 valence electrons. The predicted octanol–water partition coefficient (Wildman–Crippen LogP) is 2.98. The molecule has 1 saturated heterocycles. The first kappa shape index (κ1) is 14.9. The molecule has 5 heteroatoms. The fraction of sp³-hybridized carbons (Fsp3) is 0.467. The van der Waals surface area contributed by atoms with E-state index < -0.39 is 5.97 Å². The Labute approximate surface area is 123 Å². The van der Waals surface area contributed by atoms with Gasteiger partial charge in [0.2, 0.25) is 0 Å². The van der Waals surface area contributed by atoms with Crippen molar-refractivity contribution in [1.29, 1.82) is 0 Å².